The number of aromatic nitrogens is 4. The topological polar surface area (TPSA) is 64.7 Å². The predicted octanol–water partition coefficient (Wildman–Crippen LogP) is 2.88. The summed E-state index contributed by atoms with van der Waals surface area (Å²) >= 11 is 0. The number of amides is 1. The number of hydrogen-bond acceptors (Lipinski definition) is 3. The number of anilines is 1. The van der Waals surface area contributed by atoms with Crippen molar-refractivity contribution in [2.24, 2.45) is 0 Å². The summed E-state index contributed by atoms with van der Waals surface area (Å²) in [6.45, 7) is 4.93. The maximum atomic E-state index is 12.3. The zero-order chi connectivity index (χ0) is 16.7. The Kier molecular flexibility index (Phi) is 3.45. The summed E-state index contributed by atoms with van der Waals surface area (Å²) in [5.74, 6) is -0.167. The Balaban J connectivity index is 1.50. The van der Waals surface area contributed by atoms with Gasteiger partial charge in [0.15, 0.2) is 5.69 Å². The molecule has 0 bridgehead atoms. The van der Waals surface area contributed by atoms with Crippen molar-refractivity contribution in [3.63, 3.8) is 0 Å². The fourth-order valence-electron chi connectivity index (χ4n) is 3.03. The van der Waals surface area contributed by atoms with Gasteiger partial charge < -0.3 is 9.88 Å². The van der Waals surface area contributed by atoms with Crippen LogP contribution in [-0.4, -0.2) is 25.2 Å². The number of fused-ring (bicyclic) bond motifs is 1. The molecular formula is C18H19N5O. The van der Waals surface area contributed by atoms with E-state index in [2.05, 4.69) is 15.4 Å². The molecule has 6 heteroatoms. The van der Waals surface area contributed by atoms with Gasteiger partial charge in [0.05, 0.1) is 12.0 Å². The van der Waals surface area contributed by atoms with Crippen LogP contribution in [-0.2, 0) is 13.0 Å². The van der Waals surface area contributed by atoms with Gasteiger partial charge in [-0.05, 0) is 57.0 Å². The lowest BCUT2D eigenvalue weighted by Gasteiger charge is -2.08. The molecule has 3 aromatic rings. The second kappa shape index (κ2) is 5.63. The lowest BCUT2D eigenvalue weighted by Crippen LogP contribution is -2.13. The van der Waals surface area contributed by atoms with Gasteiger partial charge in [-0.1, -0.05) is 0 Å². The number of carbonyl (C=O) groups excluding carboxylic acids is 1. The molecule has 4 rings (SSSR count). The van der Waals surface area contributed by atoms with Crippen LogP contribution in [0.3, 0.4) is 0 Å². The van der Waals surface area contributed by atoms with E-state index in [9.17, 15) is 4.79 Å². The second-order valence-electron chi connectivity index (χ2n) is 6.13. The summed E-state index contributed by atoms with van der Waals surface area (Å²) in [4.78, 5) is 16.6. The number of aryl methyl sites for hydroxylation is 3. The second-order valence-corrected chi connectivity index (χ2v) is 6.13. The van der Waals surface area contributed by atoms with Crippen molar-refractivity contribution in [1.82, 2.24) is 19.3 Å². The first-order chi connectivity index (χ1) is 11.6. The van der Waals surface area contributed by atoms with E-state index in [1.807, 2.05) is 59.8 Å². The predicted molar refractivity (Wildman–Crippen MR) is 91.5 cm³/mol. The van der Waals surface area contributed by atoms with Crippen molar-refractivity contribution in [2.45, 2.75) is 33.2 Å². The van der Waals surface area contributed by atoms with Gasteiger partial charge in [-0.15, -0.1) is 0 Å². The number of nitrogens with one attached hydrogen (secondary N) is 1. The lowest BCUT2D eigenvalue weighted by atomic mass is 10.2. The zero-order valence-corrected chi connectivity index (χ0v) is 13.8. The Morgan fingerprint density at radius 1 is 1.21 bits per heavy atom. The molecule has 1 aliphatic rings. The average Bonchev–Trinajstić information content (AvgIpc) is 3.25. The van der Waals surface area contributed by atoms with Gasteiger partial charge in [0, 0.05) is 29.3 Å². The summed E-state index contributed by atoms with van der Waals surface area (Å²) in [6.07, 6.45) is 3.92. The summed E-state index contributed by atoms with van der Waals surface area (Å²) in [6, 6.07) is 9.61. The zero-order valence-electron chi connectivity index (χ0n) is 13.8. The molecule has 0 unspecified atom stereocenters. The Morgan fingerprint density at radius 3 is 2.67 bits per heavy atom. The van der Waals surface area contributed by atoms with Crippen LogP contribution in [0.1, 0.15) is 34.0 Å². The molecule has 24 heavy (non-hydrogen) atoms. The number of rotatable bonds is 3. The van der Waals surface area contributed by atoms with Crippen LogP contribution in [0.2, 0.25) is 0 Å². The van der Waals surface area contributed by atoms with Gasteiger partial charge in [0.2, 0.25) is 0 Å². The molecule has 0 atom stereocenters. The van der Waals surface area contributed by atoms with Crippen molar-refractivity contribution in [3.05, 3.63) is 59.4 Å². The average molecular weight is 321 g/mol. The third-order valence-corrected chi connectivity index (χ3v) is 4.55. The number of benzene rings is 1. The van der Waals surface area contributed by atoms with Gasteiger partial charge in [0.1, 0.15) is 0 Å². The molecular weight excluding hydrogens is 302 g/mol. The highest BCUT2D eigenvalue weighted by atomic mass is 16.1. The fraction of sp³-hybridized carbons (Fsp3) is 0.278. The van der Waals surface area contributed by atoms with E-state index in [-0.39, 0.29) is 5.91 Å². The maximum absolute atomic E-state index is 12.3. The van der Waals surface area contributed by atoms with Gasteiger partial charge in [-0.2, -0.15) is 5.10 Å². The highest BCUT2D eigenvalue weighted by molar-refractivity contribution is 6.03. The highest BCUT2D eigenvalue weighted by Gasteiger charge is 2.17. The van der Waals surface area contributed by atoms with Crippen LogP contribution in [0.4, 0.5) is 5.69 Å². The van der Waals surface area contributed by atoms with Crippen LogP contribution in [0.25, 0.3) is 5.69 Å². The van der Waals surface area contributed by atoms with E-state index in [0.717, 1.165) is 47.8 Å². The Labute approximate surface area is 140 Å². The lowest BCUT2D eigenvalue weighted by molar-refractivity contribution is 0.102. The molecule has 1 aromatic carbocycles. The van der Waals surface area contributed by atoms with Crippen LogP contribution in [0.5, 0.6) is 0 Å². The van der Waals surface area contributed by atoms with Crippen molar-refractivity contribution in [2.75, 3.05) is 5.32 Å². The number of imidazole rings is 1. The number of carbonyl (C=O) groups is 1. The van der Waals surface area contributed by atoms with E-state index in [1.165, 1.54) is 0 Å². The van der Waals surface area contributed by atoms with E-state index in [4.69, 9.17) is 0 Å². The Bertz CT molecular complexity index is 883. The summed E-state index contributed by atoms with van der Waals surface area (Å²) in [5.41, 5.74) is 5.52. The summed E-state index contributed by atoms with van der Waals surface area (Å²) in [7, 11) is 0. The molecule has 2 aromatic heterocycles. The van der Waals surface area contributed by atoms with Gasteiger partial charge in [0.25, 0.3) is 5.91 Å². The van der Waals surface area contributed by atoms with Gasteiger partial charge in [-0.3, -0.25) is 9.48 Å². The quantitative estimate of drug-likeness (QED) is 0.807. The van der Waals surface area contributed by atoms with Crippen molar-refractivity contribution < 1.29 is 4.79 Å². The molecule has 0 radical (unpaired) electrons. The minimum Gasteiger partial charge on any atom is -0.321 e. The third kappa shape index (κ3) is 2.50. The molecule has 0 aliphatic carbocycles. The minimum atomic E-state index is -0.167. The first kappa shape index (κ1) is 14.7. The molecule has 6 nitrogen and oxygen atoms in total. The standard InChI is InChI=1S/C18H19N5O/c1-12-13(2)22(11-19-12)15-7-5-14(6-8-15)20-18(24)17-10-16-4-3-9-23(16)21-17/h5-8,10-11H,3-4,9H2,1-2H3,(H,20,24). The molecule has 0 spiro atoms. The molecule has 0 saturated heterocycles. The summed E-state index contributed by atoms with van der Waals surface area (Å²) in [5, 5.41) is 7.26. The van der Waals surface area contributed by atoms with Gasteiger partial charge in [-0.25, -0.2) is 4.98 Å². The normalized spacial score (nSPS) is 13.1. The van der Waals surface area contributed by atoms with Crippen molar-refractivity contribution >= 4 is 11.6 Å². The molecule has 0 fully saturated rings. The molecule has 0 saturated carbocycles. The largest absolute Gasteiger partial charge is 0.321 e. The van der Waals surface area contributed by atoms with Crippen LogP contribution in [0, 0.1) is 13.8 Å². The van der Waals surface area contributed by atoms with Gasteiger partial charge >= 0.3 is 0 Å². The van der Waals surface area contributed by atoms with Crippen LogP contribution >= 0.6 is 0 Å². The van der Waals surface area contributed by atoms with E-state index >= 15 is 0 Å². The van der Waals surface area contributed by atoms with E-state index < -0.39 is 0 Å². The molecule has 1 aliphatic heterocycles. The van der Waals surface area contributed by atoms with Crippen LogP contribution in [0.15, 0.2) is 36.7 Å². The first-order valence-electron chi connectivity index (χ1n) is 8.11. The first-order valence-corrected chi connectivity index (χ1v) is 8.11. The monoisotopic (exact) mass is 321 g/mol. The molecule has 122 valence electrons. The number of nitrogens with zero attached hydrogens (tertiary/aromatic N) is 4. The third-order valence-electron chi connectivity index (χ3n) is 4.55. The summed E-state index contributed by atoms with van der Waals surface area (Å²) < 4.78 is 3.95. The Morgan fingerprint density at radius 2 is 2.00 bits per heavy atom. The highest BCUT2D eigenvalue weighted by Crippen LogP contribution is 2.19. The smallest absolute Gasteiger partial charge is 0.276 e. The maximum Gasteiger partial charge on any atom is 0.276 e. The Hall–Kier alpha value is -2.89. The SMILES string of the molecule is Cc1ncn(-c2ccc(NC(=O)c3cc4n(n3)CCC4)cc2)c1C. The van der Waals surface area contributed by atoms with Crippen LogP contribution < -0.4 is 5.32 Å². The molecule has 1 amide bonds. The fourth-order valence-corrected chi connectivity index (χ4v) is 3.03. The molecule has 3 heterocycles. The van der Waals surface area contributed by atoms with Crippen molar-refractivity contribution in [3.8, 4) is 5.69 Å². The van der Waals surface area contributed by atoms with E-state index in [1.54, 1.807) is 0 Å². The number of hydrogen-bond donors (Lipinski definition) is 1. The van der Waals surface area contributed by atoms with Crippen molar-refractivity contribution in [1.29, 1.82) is 0 Å². The molecule has 1 N–H and O–H groups in total. The van der Waals surface area contributed by atoms with E-state index in [0.29, 0.717) is 5.69 Å². The minimum absolute atomic E-state index is 0.167.